The Kier molecular flexibility index (Phi) is 7.76. The summed E-state index contributed by atoms with van der Waals surface area (Å²) in [6.45, 7) is 5.53. The van der Waals surface area contributed by atoms with Crippen LogP contribution in [-0.4, -0.2) is 31.5 Å². The quantitative estimate of drug-likeness (QED) is 0.549. The van der Waals surface area contributed by atoms with E-state index in [2.05, 4.69) is 53.0 Å². The van der Waals surface area contributed by atoms with Crippen LogP contribution in [0.5, 0.6) is 0 Å². The molecule has 5 heteroatoms. The highest BCUT2D eigenvalue weighted by Crippen LogP contribution is 2.17. The Morgan fingerprint density at radius 2 is 1.92 bits per heavy atom. The molecule has 5 nitrogen and oxygen atoms in total. The number of guanidine groups is 1. The maximum atomic E-state index is 12.0. The molecule has 1 aliphatic carbocycles. The molecule has 0 radical (unpaired) electrons. The van der Waals surface area contributed by atoms with Crippen LogP contribution < -0.4 is 16.0 Å². The van der Waals surface area contributed by atoms with Crippen molar-refractivity contribution in [2.24, 2.45) is 4.99 Å². The zero-order chi connectivity index (χ0) is 18.1. The molecule has 0 atom stereocenters. The van der Waals surface area contributed by atoms with Crippen LogP contribution in [0.3, 0.4) is 0 Å². The zero-order valence-corrected chi connectivity index (χ0v) is 15.8. The second-order valence-corrected chi connectivity index (χ2v) is 6.93. The van der Waals surface area contributed by atoms with Crippen LogP contribution in [-0.2, 0) is 11.3 Å². The number of carbonyl (C=O) groups excluding carboxylic acids is 1. The summed E-state index contributed by atoms with van der Waals surface area (Å²) in [6, 6.07) is 6.82. The van der Waals surface area contributed by atoms with Gasteiger partial charge in [-0.05, 0) is 37.8 Å². The maximum absolute atomic E-state index is 12.0. The lowest BCUT2D eigenvalue weighted by atomic mass is 9.95. The molecule has 0 saturated heterocycles. The number of aryl methyl sites for hydroxylation is 2. The van der Waals surface area contributed by atoms with Gasteiger partial charge in [0.05, 0.1) is 0 Å². The topological polar surface area (TPSA) is 65.5 Å². The minimum absolute atomic E-state index is 0.129. The molecular weight excluding hydrogens is 312 g/mol. The van der Waals surface area contributed by atoms with Crippen LogP contribution >= 0.6 is 0 Å². The zero-order valence-electron chi connectivity index (χ0n) is 15.8. The summed E-state index contributed by atoms with van der Waals surface area (Å²) in [5.74, 6) is 0.856. The van der Waals surface area contributed by atoms with Gasteiger partial charge in [-0.15, -0.1) is 0 Å². The first-order valence-corrected chi connectivity index (χ1v) is 9.38. The fourth-order valence-corrected chi connectivity index (χ4v) is 3.28. The second-order valence-electron chi connectivity index (χ2n) is 6.93. The molecule has 1 aromatic rings. The summed E-state index contributed by atoms with van der Waals surface area (Å²) in [7, 11) is 1.75. The van der Waals surface area contributed by atoms with Crippen LogP contribution in [0.1, 0.15) is 55.2 Å². The molecule has 0 aromatic heterocycles. The molecule has 1 saturated carbocycles. The minimum atomic E-state index is 0.129. The van der Waals surface area contributed by atoms with E-state index in [0.717, 1.165) is 25.3 Å². The first-order chi connectivity index (χ1) is 12.1. The molecule has 0 heterocycles. The van der Waals surface area contributed by atoms with E-state index in [1.54, 1.807) is 7.05 Å². The Hall–Kier alpha value is -2.04. The van der Waals surface area contributed by atoms with E-state index in [1.165, 1.54) is 36.0 Å². The summed E-state index contributed by atoms with van der Waals surface area (Å²) in [4.78, 5) is 16.3. The van der Waals surface area contributed by atoms with Gasteiger partial charge in [0.15, 0.2) is 5.96 Å². The highest BCUT2D eigenvalue weighted by molar-refractivity contribution is 5.81. The van der Waals surface area contributed by atoms with E-state index < -0.39 is 0 Å². The Bertz CT molecular complexity index is 591. The van der Waals surface area contributed by atoms with Crippen LogP contribution in [0.15, 0.2) is 23.2 Å². The smallest absolute Gasteiger partial charge is 0.221 e. The molecule has 1 aromatic carbocycles. The van der Waals surface area contributed by atoms with Gasteiger partial charge in [0.1, 0.15) is 0 Å². The molecule has 0 unspecified atom stereocenters. The summed E-state index contributed by atoms with van der Waals surface area (Å²) in [6.07, 6.45) is 6.49. The van der Waals surface area contributed by atoms with Crippen molar-refractivity contribution in [2.45, 2.75) is 65.0 Å². The summed E-state index contributed by atoms with van der Waals surface area (Å²) in [5, 5.41) is 9.67. The molecule has 0 bridgehead atoms. The summed E-state index contributed by atoms with van der Waals surface area (Å²) in [5.41, 5.74) is 3.80. The third kappa shape index (κ3) is 6.77. The van der Waals surface area contributed by atoms with Gasteiger partial charge in [-0.25, -0.2) is 0 Å². The Morgan fingerprint density at radius 3 is 2.60 bits per heavy atom. The number of nitrogens with one attached hydrogen (secondary N) is 3. The monoisotopic (exact) mass is 344 g/mol. The van der Waals surface area contributed by atoms with Gasteiger partial charge in [0.25, 0.3) is 0 Å². The van der Waals surface area contributed by atoms with Gasteiger partial charge < -0.3 is 16.0 Å². The van der Waals surface area contributed by atoms with Crippen LogP contribution in [0.2, 0.25) is 0 Å². The number of nitrogens with zero attached hydrogens (tertiary/aromatic N) is 1. The molecule has 138 valence electrons. The Morgan fingerprint density at radius 1 is 1.16 bits per heavy atom. The van der Waals surface area contributed by atoms with Crippen molar-refractivity contribution in [3.63, 3.8) is 0 Å². The fraction of sp³-hybridized carbons (Fsp3) is 0.600. The summed E-state index contributed by atoms with van der Waals surface area (Å²) < 4.78 is 0. The summed E-state index contributed by atoms with van der Waals surface area (Å²) >= 11 is 0. The lowest BCUT2D eigenvalue weighted by molar-refractivity contribution is -0.121. The molecule has 0 aliphatic heterocycles. The first-order valence-electron chi connectivity index (χ1n) is 9.38. The van der Waals surface area contributed by atoms with Crippen molar-refractivity contribution in [3.05, 3.63) is 34.9 Å². The van der Waals surface area contributed by atoms with Crippen LogP contribution in [0.25, 0.3) is 0 Å². The molecule has 3 N–H and O–H groups in total. The number of hydrogen-bond acceptors (Lipinski definition) is 2. The molecule has 1 amide bonds. The van der Waals surface area contributed by atoms with Gasteiger partial charge in [-0.3, -0.25) is 9.79 Å². The number of benzene rings is 1. The van der Waals surface area contributed by atoms with E-state index >= 15 is 0 Å². The van der Waals surface area contributed by atoms with E-state index in [4.69, 9.17) is 0 Å². The van der Waals surface area contributed by atoms with Gasteiger partial charge in [0, 0.05) is 32.6 Å². The van der Waals surface area contributed by atoms with E-state index in [-0.39, 0.29) is 5.91 Å². The average Bonchev–Trinajstić information content (AvgIpc) is 2.60. The van der Waals surface area contributed by atoms with Crippen molar-refractivity contribution >= 4 is 11.9 Å². The third-order valence-corrected chi connectivity index (χ3v) is 4.78. The minimum Gasteiger partial charge on any atom is -0.356 e. The Balaban J connectivity index is 1.68. The maximum Gasteiger partial charge on any atom is 0.221 e. The Labute approximate surface area is 151 Å². The van der Waals surface area contributed by atoms with Gasteiger partial charge in [-0.1, -0.05) is 43.0 Å². The van der Waals surface area contributed by atoms with Gasteiger partial charge in [0.2, 0.25) is 5.91 Å². The molecule has 1 aliphatic rings. The average molecular weight is 345 g/mol. The van der Waals surface area contributed by atoms with Crippen molar-refractivity contribution in [1.82, 2.24) is 16.0 Å². The highest BCUT2D eigenvalue weighted by atomic mass is 16.1. The standard InChI is InChI=1S/C20H32N4O/c1-15-9-10-17(16(2)13-15)14-23-20(21-3)22-12-11-19(25)24-18-7-5-4-6-8-18/h9-10,13,18H,4-8,11-12,14H2,1-3H3,(H,24,25)(H2,21,22,23). The van der Waals surface area contributed by atoms with Gasteiger partial charge >= 0.3 is 0 Å². The fourth-order valence-electron chi connectivity index (χ4n) is 3.28. The number of rotatable bonds is 6. The third-order valence-electron chi connectivity index (χ3n) is 4.78. The van der Waals surface area contributed by atoms with Gasteiger partial charge in [-0.2, -0.15) is 0 Å². The second kappa shape index (κ2) is 10.1. The normalized spacial score (nSPS) is 15.7. The predicted octanol–water partition coefficient (Wildman–Crippen LogP) is 2.81. The number of aliphatic imine (C=N–C) groups is 1. The largest absolute Gasteiger partial charge is 0.356 e. The van der Waals surface area contributed by atoms with E-state index in [0.29, 0.717) is 19.0 Å². The SMILES string of the molecule is CN=C(NCCC(=O)NC1CCCCC1)NCc1ccc(C)cc1C. The van der Waals surface area contributed by atoms with Crippen LogP contribution in [0.4, 0.5) is 0 Å². The lowest BCUT2D eigenvalue weighted by Gasteiger charge is -2.22. The predicted molar refractivity (Wildman–Crippen MR) is 104 cm³/mol. The number of amides is 1. The van der Waals surface area contributed by atoms with Crippen LogP contribution in [0, 0.1) is 13.8 Å². The molecule has 2 rings (SSSR count). The lowest BCUT2D eigenvalue weighted by Crippen LogP contribution is -2.41. The van der Waals surface area contributed by atoms with Crippen molar-refractivity contribution < 1.29 is 4.79 Å². The van der Waals surface area contributed by atoms with Crippen molar-refractivity contribution in [1.29, 1.82) is 0 Å². The molecular formula is C20H32N4O. The molecule has 25 heavy (non-hydrogen) atoms. The van der Waals surface area contributed by atoms with E-state index in [1.807, 2.05) is 0 Å². The number of carbonyl (C=O) groups is 1. The highest BCUT2D eigenvalue weighted by Gasteiger charge is 2.15. The van der Waals surface area contributed by atoms with Crippen molar-refractivity contribution in [2.75, 3.05) is 13.6 Å². The molecule has 1 fully saturated rings. The number of hydrogen-bond donors (Lipinski definition) is 3. The van der Waals surface area contributed by atoms with E-state index in [9.17, 15) is 4.79 Å². The van der Waals surface area contributed by atoms with Crippen molar-refractivity contribution in [3.8, 4) is 0 Å². The first kappa shape index (κ1) is 19.3. The molecule has 0 spiro atoms.